The van der Waals surface area contributed by atoms with Crippen molar-refractivity contribution in [2.75, 3.05) is 13.1 Å². The van der Waals surface area contributed by atoms with Crippen LogP contribution in [0.3, 0.4) is 0 Å². The van der Waals surface area contributed by atoms with Gasteiger partial charge in [0.05, 0.1) is 11.0 Å². The fourth-order valence-electron chi connectivity index (χ4n) is 3.55. The zero-order valence-electron chi connectivity index (χ0n) is 11.5. The van der Waals surface area contributed by atoms with Crippen molar-refractivity contribution in [2.24, 2.45) is 7.05 Å². The molecule has 3 heteroatoms. The van der Waals surface area contributed by atoms with E-state index < -0.39 is 0 Å². The maximum atomic E-state index is 4.89. The number of hydrogen-bond acceptors (Lipinski definition) is 2. The van der Waals surface area contributed by atoms with Crippen LogP contribution in [-0.2, 0) is 7.05 Å². The number of benzene rings is 1. The number of aromatic nitrogens is 2. The Bertz CT molecular complexity index is 604. The van der Waals surface area contributed by atoms with Crippen LogP contribution in [0.15, 0.2) is 18.2 Å². The van der Waals surface area contributed by atoms with E-state index in [4.69, 9.17) is 4.98 Å². The highest BCUT2D eigenvalue weighted by molar-refractivity contribution is 5.77. The van der Waals surface area contributed by atoms with Crippen molar-refractivity contribution in [3.63, 3.8) is 0 Å². The number of fused-ring (bicyclic) bond motifs is 1. The van der Waals surface area contributed by atoms with Gasteiger partial charge in [0.25, 0.3) is 0 Å². The van der Waals surface area contributed by atoms with Crippen molar-refractivity contribution in [2.45, 2.75) is 37.5 Å². The first-order valence-corrected chi connectivity index (χ1v) is 7.50. The molecule has 0 unspecified atom stereocenters. The Morgan fingerprint density at radius 1 is 1.16 bits per heavy atom. The highest BCUT2D eigenvalue weighted by Crippen LogP contribution is 2.35. The topological polar surface area (TPSA) is 29.9 Å². The van der Waals surface area contributed by atoms with Gasteiger partial charge in [0.15, 0.2) is 0 Å². The van der Waals surface area contributed by atoms with E-state index in [0.717, 1.165) is 13.1 Å². The van der Waals surface area contributed by atoms with E-state index in [-0.39, 0.29) is 0 Å². The molecule has 4 rings (SSSR count). The quantitative estimate of drug-likeness (QED) is 0.894. The molecule has 0 amide bonds. The summed E-state index contributed by atoms with van der Waals surface area (Å²) < 4.78 is 2.33. The molecule has 2 fully saturated rings. The molecule has 2 aliphatic rings. The van der Waals surface area contributed by atoms with Gasteiger partial charge in [0.1, 0.15) is 5.82 Å². The summed E-state index contributed by atoms with van der Waals surface area (Å²) in [6.07, 6.45) is 5.37. The van der Waals surface area contributed by atoms with E-state index in [0.29, 0.717) is 11.8 Å². The van der Waals surface area contributed by atoms with Crippen LogP contribution in [0.2, 0.25) is 0 Å². The number of imidazole rings is 1. The smallest absolute Gasteiger partial charge is 0.112 e. The molecule has 1 saturated heterocycles. The Balaban J connectivity index is 1.77. The summed E-state index contributed by atoms with van der Waals surface area (Å²) in [6, 6.07) is 6.83. The van der Waals surface area contributed by atoms with Crippen molar-refractivity contribution in [1.29, 1.82) is 0 Å². The van der Waals surface area contributed by atoms with Crippen LogP contribution in [0.4, 0.5) is 0 Å². The zero-order valence-corrected chi connectivity index (χ0v) is 11.5. The number of rotatable bonds is 2. The number of hydrogen-bond donors (Lipinski definition) is 1. The minimum absolute atomic E-state index is 0.686. The van der Waals surface area contributed by atoms with E-state index in [1.165, 1.54) is 48.1 Å². The lowest BCUT2D eigenvalue weighted by molar-refractivity contribution is 0.448. The van der Waals surface area contributed by atoms with Crippen LogP contribution in [-0.4, -0.2) is 22.6 Å². The Morgan fingerprint density at radius 3 is 2.63 bits per heavy atom. The predicted octanol–water partition coefficient (Wildman–Crippen LogP) is 2.92. The summed E-state index contributed by atoms with van der Waals surface area (Å²) in [7, 11) is 2.19. The van der Waals surface area contributed by atoms with Crippen molar-refractivity contribution in [3.8, 4) is 0 Å². The van der Waals surface area contributed by atoms with Gasteiger partial charge in [-0.25, -0.2) is 4.98 Å². The average molecular weight is 255 g/mol. The van der Waals surface area contributed by atoms with Gasteiger partial charge in [-0.05, 0) is 30.5 Å². The first-order valence-electron chi connectivity index (χ1n) is 7.50. The monoisotopic (exact) mass is 255 g/mol. The molecule has 1 aromatic heterocycles. The summed E-state index contributed by atoms with van der Waals surface area (Å²) in [5, 5.41) is 3.35. The molecule has 0 bridgehead atoms. The van der Waals surface area contributed by atoms with Crippen LogP contribution in [0.1, 0.15) is 48.9 Å². The summed E-state index contributed by atoms with van der Waals surface area (Å²) in [5.74, 6) is 2.69. The van der Waals surface area contributed by atoms with Gasteiger partial charge in [-0.2, -0.15) is 0 Å². The molecule has 0 atom stereocenters. The first-order chi connectivity index (χ1) is 9.33. The second kappa shape index (κ2) is 4.34. The molecule has 2 heterocycles. The van der Waals surface area contributed by atoms with E-state index in [2.05, 4.69) is 35.1 Å². The largest absolute Gasteiger partial charge is 0.331 e. The standard InChI is InChI=1S/C16H21N3/c1-19-15-8-12(13-9-17-10-13)6-7-14(15)18-16(19)11-4-2-3-5-11/h6-8,11,13,17H,2-5,9-10H2,1H3. The lowest BCUT2D eigenvalue weighted by Gasteiger charge is -2.27. The molecule has 100 valence electrons. The normalized spacial score (nSPS) is 21.1. The third-order valence-corrected chi connectivity index (χ3v) is 4.91. The molecule has 3 nitrogen and oxygen atoms in total. The molecule has 1 aliphatic heterocycles. The van der Waals surface area contributed by atoms with Crippen molar-refractivity contribution in [1.82, 2.24) is 14.9 Å². The van der Waals surface area contributed by atoms with Gasteiger partial charge in [0, 0.05) is 32.0 Å². The summed E-state index contributed by atoms with van der Waals surface area (Å²) in [4.78, 5) is 4.89. The molecule has 1 N–H and O–H groups in total. The Labute approximate surface area is 114 Å². The number of aryl methyl sites for hydroxylation is 1. The molecule has 0 radical (unpaired) electrons. The van der Waals surface area contributed by atoms with Gasteiger partial charge in [-0.15, -0.1) is 0 Å². The van der Waals surface area contributed by atoms with Crippen LogP contribution >= 0.6 is 0 Å². The third-order valence-electron chi connectivity index (χ3n) is 4.91. The van der Waals surface area contributed by atoms with E-state index in [9.17, 15) is 0 Å². The maximum absolute atomic E-state index is 4.89. The molecule has 2 aromatic rings. The highest BCUT2D eigenvalue weighted by Gasteiger charge is 2.24. The number of nitrogens with zero attached hydrogens (tertiary/aromatic N) is 2. The molecular weight excluding hydrogens is 234 g/mol. The van der Waals surface area contributed by atoms with Gasteiger partial charge in [-0.1, -0.05) is 18.9 Å². The second-order valence-corrected chi connectivity index (χ2v) is 6.11. The summed E-state index contributed by atoms with van der Waals surface area (Å²) in [6.45, 7) is 2.25. The van der Waals surface area contributed by atoms with Crippen LogP contribution in [0.25, 0.3) is 11.0 Å². The fraction of sp³-hybridized carbons (Fsp3) is 0.562. The second-order valence-electron chi connectivity index (χ2n) is 6.11. The maximum Gasteiger partial charge on any atom is 0.112 e. The minimum Gasteiger partial charge on any atom is -0.331 e. The zero-order chi connectivity index (χ0) is 12.8. The van der Waals surface area contributed by atoms with Gasteiger partial charge in [0.2, 0.25) is 0 Å². The average Bonchev–Trinajstić information content (AvgIpc) is 2.96. The minimum atomic E-state index is 0.686. The SMILES string of the molecule is Cn1c(C2CCCC2)nc2ccc(C3CNC3)cc21. The summed E-state index contributed by atoms with van der Waals surface area (Å²) in [5.41, 5.74) is 3.94. The predicted molar refractivity (Wildman–Crippen MR) is 77.5 cm³/mol. The molecule has 1 saturated carbocycles. The van der Waals surface area contributed by atoms with E-state index in [1.54, 1.807) is 0 Å². The molecule has 19 heavy (non-hydrogen) atoms. The van der Waals surface area contributed by atoms with Crippen LogP contribution in [0, 0.1) is 0 Å². The van der Waals surface area contributed by atoms with Gasteiger partial charge in [-0.3, -0.25) is 0 Å². The lowest BCUT2D eigenvalue weighted by atomic mass is 9.93. The molecular formula is C16H21N3. The van der Waals surface area contributed by atoms with Crippen molar-refractivity contribution < 1.29 is 0 Å². The van der Waals surface area contributed by atoms with Gasteiger partial charge < -0.3 is 9.88 Å². The van der Waals surface area contributed by atoms with Crippen LogP contribution < -0.4 is 5.32 Å². The first kappa shape index (κ1) is 11.5. The van der Waals surface area contributed by atoms with Gasteiger partial charge >= 0.3 is 0 Å². The van der Waals surface area contributed by atoms with Crippen molar-refractivity contribution in [3.05, 3.63) is 29.6 Å². The summed E-state index contributed by atoms with van der Waals surface area (Å²) >= 11 is 0. The Hall–Kier alpha value is -1.35. The highest BCUT2D eigenvalue weighted by atomic mass is 15.1. The van der Waals surface area contributed by atoms with Crippen LogP contribution in [0.5, 0.6) is 0 Å². The van der Waals surface area contributed by atoms with E-state index >= 15 is 0 Å². The van der Waals surface area contributed by atoms with E-state index in [1.807, 2.05) is 0 Å². The Kier molecular flexibility index (Phi) is 2.62. The Morgan fingerprint density at radius 2 is 1.95 bits per heavy atom. The molecule has 1 aromatic carbocycles. The lowest BCUT2D eigenvalue weighted by Crippen LogP contribution is -2.39. The molecule has 1 aliphatic carbocycles. The fourth-order valence-corrected chi connectivity index (χ4v) is 3.55. The third kappa shape index (κ3) is 1.79. The van der Waals surface area contributed by atoms with Crippen molar-refractivity contribution >= 4 is 11.0 Å². The molecule has 0 spiro atoms. The number of nitrogens with one attached hydrogen (secondary N) is 1.